The van der Waals surface area contributed by atoms with Crippen molar-refractivity contribution < 1.29 is 19.0 Å². The number of likely N-dealkylation sites (tertiary alicyclic amines) is 1. The number of fused-ring (bicyclic) bond motifs is 2. The van der Waals surface area contributed by atoms with E-state index < -0.39 is 0 Å². The maximum atomic E-state index is 13.3. The molecule has 3 heterocycles. The lowest BCUT2D eigenvalue weighted by Crippen LogP contribution is -2.34. The smallest absolute Gasteiger partial charge is 0.254 e. The van der Waals surface area contributed by atoms with E-state index in [1.54, 1.807) is 33.5 Å². The molecule has 0 spiro atoms. The summed E-state index contributed by atoms with van der Waals surface area (Å²) >= 11 is 0. The fourth-order valence-electron chi connectivity index (χ4n) is 5.13. The third-order valence-electron chi connectivity index (χ3n) is 6.73. The van der Waals surface area contributed by atoms with Gasteiger partial charge in [0.2, 0.25) is 11.7 Å². The number of methoxy groups -OCH3 is 3. The number of hydrogen-bond donors (Lipinski definition) is 0. The molecule has 1 amide bonds. The molecule has 1 aromatic heterocycles. The maximum Gasteiger partial charge on any atom is 0.254 e. The lowest BCUT2D eigenvalue weighted by Gasteiger charge is -2.23. The molecule has 0 N–H and O–H groups in total. The molecule has 2 atom stereocenters. The van der Waals surface area contributed by atoms with Gasteiger partial charge in [0.25, 0.3) is 5.91 Å². The number of imidazole rings is 1. The third kappa shape index (κ3) is 3.21. The molecule has 0 radical (unpaired) electrons. The van der Waals surface area contributed by atoms with Crippen LogP contribution >= 0.6 is 0 Å². The lowest BCUT2D eigenvalue weighted by atomic mass is 10.0. The SMILES string of the molecule is COc1cc(C(=O)N2CC3CN(c4nc5ccccc5n4C)CC3C2)cc(OC)c1OC. The van der Waals surface area contributed by atoms with Crippen LogP contribution in [0.3, 0.4) is 0 Å². The van der Waals surface area contributed by atoms with Crippen molar-refractivity contribution in [3.8, 4) is 17.2 Å². The Morgan fingerprint density at radius 2 is 1.56 bits per heavy atom. The van der Waals surface area contributed by atoms with Gasteiger partial charge in [-0.05, 0) is 24.3 Å². The molecule has 168 valence electrons. The number of carbonyl (C=O) groups is 1. The number of rotatable bonds is 5. The van der Waals surface area contributed by atoms with Gasteiger partial charge in [0.1, 0.15) is 0 Å². The fraction of sp³-hybridized carbons (Fsp3) is 0.417. The maximum absolute atomic E-state index is 13.3. The van der Waals surface area contributed by atoms with Crippen molar-refractivity contribution in [2.75, 3.05) is 52.4 Å². The van der Waals surface area contributed by atoms with Crippen LogP contribution in [0.25, 0.3) is 11.0 Å². The Bertz CT molecular complexity index is 1140. The van der Waals surface area contributed by atoms with Gasteiger partial charge in [-0.1, -0.05) is 12.1 Å². The van der Waals surface area contributed by atoms with E-state index in [0.29, 0.717) is 34.6 Å². The molecule has 2 aromatic carbocycles. The Balaban J connectivity index is 1.32. The highest BCUT2D eigenvalue weighted by Gasteiger charge is 2.43. The second-order valence-electron chi connectivity index (χ2n) is 8.51. The molecular weight excluding hydrogens is 408 g/mol. The first-order chi connectivity index (χ1) is 15.5. The van der Waals surface area contributed by atoms with Gasteiger partial charge in [0, 0.05) is 50.6 Å². The highest BCUT2D eigenvalue weighted by Crippen LogP contribution is 2.40. The van der Waals surface area contributed by atoms with Gasteiger partial charge in [-0.3, -0.25) is 4.79 Å². The monoisotopic (exact) mass is 436 g/mol. The summed E-state index contributed by atoms with van der Waals surface area (Å²) in [7, 11) is 6.74. The predicted molar refractivity (Wildman–Crippen MR) is 122 cm³/mol. The average Bonchev–Trinajstić information content (AvgIpc) is 3.49. The van der Waals surface area contributed by atoms with E-state index >= 15 is 0 Å². The molecule has 2 aliphatic rings. The molecule has 8 nitrogen and oxygen atoms in total. The molecule has 5 rings (SSSR count). The summed E-state index contributed by atoms with van der Waals surface area (Å²) in [5, 5.41) is 0. The largest absolute Gasteiger partial charge is 0.493 e. The number of anilines is 1. The molecule has 32 heavy (non-hydrogen) atoms. The molecule has 0 bridgehead atoms. The van der Waals surface area contributed by atoms with E-state index in [0.717, 1.165) is 43.2 Å². The van der Waals surface area contributed by atoms with Gasteiger partial charge >= 0.3 is 0 Å². The van der Waals surface area contributed by atoms with E-state index in [4.69, 9.17) is 19.2 Å². The van der Waals surface area contributed by atoms with Gasteiger partial charge in [-0.2, -0.15) is 0 Å². The van der Waals surface area contributed by atoms with Crippen molar-refractivity contribution in [3.05, 3.63) is 42.0 Å². The zero-order valence-corrected chi connectivity index (χ0v) is 18.9. The van der Waals surface area contributed by atoms with Crippen molar-refractivity contribution in [2.45, 2.75) is 0 Å². The van der Waals surface area contributed by atoms with Crippen LogP contribution in [-0.2, 0) is 7.05 Å². The van der Waals surface area contributed by atoms with Crippen molar-refractivity contribution in [3.63, 3.8) is 0 Å². The number of amides is 1. The number of carbonyl (C=O) groups excluding carboxylic acids is 1. The highest BCUT2D eigenvalue weighted by atomic mass is 16.5. The topological polar surface area (TPSA) is 69.1 Å². The third-order valence-corrected chi connectivity index (χ3v) is 6.73. The number of nitrogens with zero attached hydrogens (tertiary/aromatic N) is 4. The first-order valence-electron chi connectivity index (χ1n) is 10.8. The average molecular weight is 437 g/mol. The summed E-state index contributed by atoms with van der Waals surface area (Å²) in [5.41, 5.74) is 2.70. The van der Waals surface area contributed by atoms with E-state index in [1.165, 1.54) is 0 Å². The van der Waals surface area contributed by atoms with Crippen LogP contribution in [0.5, 0.6) is 17.2 Å². The molecule has 2 saturated heterocycles. The minimum absolute atomic E-state index is 0.00654. The fourth-order valence-corrected chi connectivity index (χ4v) is 5.13. The van der Waals surface area contributed by atoms with Crippen LogP contribution in [0.2, 0.25) is 0 Å². The van der Waals surface area contributed by atoms with Gasteiger partial charge in [-0.25, -0.2) is 4.98 Å². The number of hydrogen-bond acceptors (Lipinski definition) is 6. The number of benzene rings is 2. The first kappa shape index (κ1) is 20.5. The van der Waals surface area contributed by atoms with E-state index in [-0.39, 0.29) is 5.91 Å². The van der Waals surface area contributed by atoms with Crippen LogP contribution in [0.4, 0.5) is 5.95 Å². The highest BCUT2D eigenvalue weighted by molar-refractivity contribution is 5.96. The Kier molecular flexibility index (Phi) is 5.07. The molecule has 2 unspecified atom stereocenters. The normalized spacial score (nSPS) is 20.0. The summed E-state index contributed by atoms with van der Waals surface area (Å²) in [5.74, 6) is 3.32. The minimum Gasteiger partial charge on any atom is -0.493 e. The molecule has 0 saturated carbocycles. The van der Waals surface area contributed by atoms with Crippen LogP contribution < -0.4 is 19.1 Å². The van der Waals surface area contributed by atoms with Crippen LogP contribution in [-0.4, -0.2) is 67.9 Å². The quantitative estimate of drug-likeness (QED) is 0.613. The van der Waals surface area contributed by atoms with Gasteiger partial charge in [-0.15, -0.1) is 0 Å². The number of aryl methyl sites for hydroxylation is 1. The van der Waals surface area contributed by atoms with Crippen LogP contribution in [0, 0.1) is 11.8 Å². The van der Waals surface area contributed by atoms with Crippen molar-refractivity contribution >= 4 is 22.9 Å². The van der Waals surface area contributed by atoms with E-state index in [1.807, 2.05) is 23.1 Å². The first-order valence-corrected chi connectivity index (χ1v) is 10.8. The summed E-state index contributed by atoms with van der Waals surface area (Å²) < 4.78 is 18.4. The molecule has 8 heteroatoms. The Hall–Kier alpha value is -3.42. The second kappa shape index (κ2) is 7.93. The lowest BCUT2D eigenvalue weighted by molar-refractivity contribution is 0.0781. The zero-order valence-electron chi connectivity index (χ0n) is 18.9. The standard InChI is InChI=1S/C24H28N4O4/c1-26-19-8-6-5-7-18(19)25-24(26)28-13-16-11-27(12-17(16)14-28)23(29)15-9-20(30-2)22(32-4)21(10-15)31-3/h5-10,16-17H,11-14H2,1-4H3. The summed E-state index contributed by atoms with van der Waals surface area (Å²) in [6.07, 6.45) is 0. The Morgan fingerprint density at radius 1 is 0.938 bits per heavy atom. The number of aromatic nitrogens is 2. The van der Waals surface area contributed by atoms with Gasteiger partial charge < -0.3 is 28.6 Å². The summed E-state index contributed by atoms with van der Waals surface area (Å²) in [6, 6.07) is 11.7. The Morgan fingerprint density at radius 3 is 2.12 bits per heavy atom. The molecular formula is C24H28N4O4. The predicted octanol–water partition coefficient (Wildman–Crippen LogP) is 2.81. The van der Waals surface area contributed by atoms with Crippen molar-refractivity contribution in [1.82, 2.24) is 14.5 Å². The van der Waals surface area contributed by atoms with Gasteiger partial charge in [0.05, 0.1) is 32.4 Å². The molecule has 3 aromatic rings. The summed E-state index contributed by atoms with van der Waals surface area (Å²) in [6.45, 7) is 3.28. The summed E-state index contributed by atoms with van der Waals surface area (Å²) in [4.78, 5) is 22.4. The Labute approximate surface area is 187 Å². The number of para-hydroxylation sites is 2. The van der Waals surface area contributed by atoms with Crippen LogP contribution in [0.15, 0.2) is 36.4 Å². The molecule has 2 aliphatic heterocycles. The number of ether oxygens (including phenoxy) is 3. The van der Waals surface area contributed by atoms with Crippen molar-refractivity contribution in [2.24, 2.45) is 18.9 Å². The van der Waals surface area contributed by atoms with Gasteiger partial charge in [0.15, 0.2) is 11.5 Å². The van der Waals surface area contributed by atoms with Crippen molar-refractivity contribution in [1.29, 1.82) is 0 Å². The molecule has 2 fully saturated rings. The van der Waals surface area contributed by atoms with E-state index in [2.05, 4.69) is 22.6 Å². The van der Waals surface area contributed by atoms with Crippen LogP contribution in [0.1, 0.15) is 10.4 Å². The van der Waals surface area contributed by atoms with E-state index in [9.17, 15) is 4.79 Å². The minimum atomic E-state index is -0.00654. The zero-order chi connectivity index (χ0) is 22.4. The molecule has 0 aliphatic carbocycles. The second-order valence-corrected chi connectivity index (χ2v) is 8.51.